The summed E-state index contributed by atoms with van der Waals surface area (Å²) in [6.07, 6.45) is 5.67. The zero-order chi connectivity index (χ0) is 16.3. The Labute approximate surface area is 132 Å². The van der Waals surface area contributed by atoms with Gasteiger partial charge in [0.1, 0.15) is 0 Å². The van der Waals surface area contributed by atoms with Gasteiger partial charge in [0, 0.05) is 12.2 Å². The van der Waals surface area contributed by atoms with Crippen LogP contribution in [0.15, 0.2) is 36.0 Å². The number of carboxylic acid groups (broad SMARTS) is 1. The van der Waals surface area contributed by atoms with Crippen molar-refractivity contribution in [3.8, 4) is 0 Å². The highest BCUT2D eigenvalue weighted by Gasteiger charge is 2.34. The fourth-order valence-corrected chi connectivity index (χ4v) is 3.05. The van der Waals surface area contributed by atoms with Gasteiger partial charge in [-0.2, -0.15) is 0 Å². The second-order valence-electron chi connectivity index (χ2n) is 6.49. The molecule has 3 rings (SSSR count). The van der Waals surface area contributed by atoms with Crippen LogP contribution in [0.2, 0.25) is 0 Å². The SMILES string of the molecule is CC.CC1(C)CCC2NN(c3ccc(C(=O)O)cc3)C=C2C1. The van der Waals surface area contributed by atoms with Crippen LogP contribution in [-0.4, -0.2) is 17.1 Å². The predicted octanol–water partition coefficient (Wildman–Crippen LogP) is 4.20. The number of carbonyl (C=O) groups is 1. The topological polar surface area (TPSA) is 52.6 Å². The van der Waals surface area contributed by atoms with Gasteiger partial charge in [-0.3, -0.25) is 5.01 Å². The number of hydrazine groups is 1. The first-order valence-corrected chi connectivity index (χ1v) is 8.04. The number of nitrogens with zero attached hydrogens (tertiary/aromatic N) is 1. The number of hydrogen-bond acceptors (Lipinski definition) is 3. The number of rotatable bonds is 2. The van der Waals surface area contributed by atoms with E-state index in [1.54, 1.807) is 12.1 Å². The number of benzene rings is 1. The molecule has 1 aliphatic carbocycles. The largest absolute Gasteiger partial charge is 0.478 e. The van der Waals surface area contributed by atoms with E-state index in [0.29, 0.717) is 17.0 Å². The molecule has 0 amide bonds. The Bertz CT molecular complexity index is 561. The Balaban J connectivity index is 0.000000847. The second kappa shape index (κ2) is 6.53. The van der Waals surface area contributed by atoms with Crippen LogP contribution in [0.5, 0.6) is 0 Å². The van der Waals surface area contributed by atoms with Crippen LogP contribution in [0.4, 0.5) is 5.69 Å². The van der Waals surface area contributed by atoms with Crippen molar-refractivity contribution in [2.75, 3.05) is 5.01 Å². The fourth-order valence-electron chi connectivity index (χ4n) is 3.05. The molecule has 22 heavy (non-hydrogen) atoms. The number of hydrogen-bond donors (Lipinski definition) is 2. The van der Waals surface area contributed by atoms with E-state index in [9.17, 15) is 4.79 Å². The summed E-state index contributed by atoms with van der Waals surface area (Å²) in [6.45, 7) is 8.63. The van der Waals surface area contributed by atoms with Gasteiger partial charge in [0.25, 0.3) is 0 Å². The van der Waals surface area contributed by atoms with Gasteiger partial charge in [-0.05, 0) is 54.5 Å². The minimum Gasteiger partial charge on any atom is -0.478 e. The quantitative estimate of drug-likeness (QED) is 0.859. The normalized spacial score (nSPS) is 22.3. The number of carboxylic acids is 1. The monoisotopic (exact) mass is 302 g/mol. The molecule has 2 N–H and O–H groups in total. The molecule has 1 heterocycles. The summed E-state index contributed by atoms with van der Waals surface area (Å²) in [5.74, 6) is -0.889. The van der Waals surface area contributed by atoms with Crippen LogP contribution in [-0.2, 0) is 0 Å². The number of aromatic carboxylic acids is 1. The third-order valence-corrected chi connectivity index (χ3v) is 4.22. The zero-order valence-corrected chi connectivity index (χ0v) is 13.9. The summed E-state index contributed by atoms with van der Waals surface area (Å²) in [5.41, 5.74) is 6.62. The van der Waals surface area contributed by atoms with E-state index in [1.807, 2.05) is 31.0 Å². The summed E-state index contributed by atoms with van der Waals surface area (Å²) in [7, 11) is 0. The van der Waals surface area contributed by atoms with E-state index in [2.05, 4.69) is 25.5 Å². The highest BCUT2D eigenvalue weighted by Crippen LogP contribution is 2.40. The Morgan fingerprint density at radius 1 is 1.27 bits per heavy atom. The smallest absolute Gasteiger partial charge is 0.335 e. The molecule has 0 radical (unpaired) electrons. The van der Waals surface area contributed by atoms with Crippen molar-refractivity contribution < 1.29 is 9.90 Å². The molecule has 4 heteroatoms. The number of nitrogens with one attached hydrogen (secondary N) is 1. The molecule has 1 atom stereocenters. The molecule has 1 unspecified atom stereocenters. The van der Waals surface area contributed by atoms with Gasteiger partial charge in [0.15, 0.2) is 0 Å². The fraction of sp³-hybridized carbons (Fsp3) is 0.500. The third kappa shape index (κ3) is 3.50. The molecule has 4 nitrogen and oxygen atoms in total. The maximum absolute atomic E-state index is 10.9. The lowest BCUT2D eigenvalue weighted by atomic mass is 9.74. The van der Waals surface area contributed by atoms with Gasteiger partial charge >= 0.3 is 5.97 Å². The van der Waals surface area contributed by atoms with Crippen LogP contribution in [0.25, 0.3) is 0 Å². The summed E-state index contributed by atoms with van der Waals surface area (Å²) in [6, 6.07) is 7.40. The van der Waals surface area contributed by atoms with Crippen LogP contribution in [0.3, 0.4) is 0 Å². The molecule has 1 fully saturated rings. The van der Waals surface area contributed by atoms with Crippen molar-refractivity contribution in [1.29, 1.82) is 0 Å². The molecular formula is C18H26N2O2. The summed E-state index contributed by atoms with van der Waals surface area (Å²) in [4.78, 5) is 10.9. The van der Waals surface area contributed by atoms with E-state index in [-0.39, 0.29) is 0 Å². The number of fused-ring (bicyclic) bond motifs is 1. The van der Waals surface area contributed by atoms with Gasteiger partial charge in [0.2, 0.25) is 0 Å². The second-order valence-corrected chi connectivity index (χ2v) is 6.49. The van der Waals surface area contributed by atoms with Crippen molar-refractivity contribution in [3.05, 3.63) is 41.6 Å². The molecular weight excluding hydrogens is 276 g/mol. The first-order valence-electron chi connectivity index (χ1n) is 8.04. The Morgan fingerprint density at radius 2 is 1.91 bits per heavy atom. The highest BCUT2D eigenvalue weighted by molar-refractivity contribution is 5.88. The van der Waals surface area contributed by atoms with E-state index < -0.39 is 5.97 Å². The van der Waals surface area contributed by atoms with E-state index in [1.165, 1.54) is 12.0 Å². The third-order valence-electron chi connectivity index (χ3n) is 4.22. The van der Waals surface area contributed by atoms with Crippen LogP contribution in [0, 0.1) is 5.41 Å². The van der Waals surface area contributed by atoms with Gasteiger partial charge in [-0.1, -0.05) is 27.7 Å². The molecule has 0 bridgehead atoms. The Morgan fingerprint density at radius 3 is 2.50 bits per heavy atom. The molecule has 1 aliphatic heterocycles. The molecule has 0 saturated heterocycles. The molecule has 0 spiro atoms. The van der Waals surface area contributed by atoms with E-state index >= 15 is 0 Å². The maximum Gasteiger partial charge on any atom is 0.335 e. The first kappa shape index (κ1) is 16.6. The van der Waals surface area contributed by atoms with Gasteiger partial charge < -0.3 is 5.11 Å². The van der Waals surface area contributed by atoms with Crippen molar-refractivity contribution in [1.82, 2.24) is 5.43 Å². The van der Waals surface area contributed by atoms with Crippen molar-refractivity contribution in [2.45, 2.75) is 53.0 Å². The first-order chi connectivity index (χ1) is 10.4. The minimum atomic E-state index is -0.889. The zero-order valence-electron chi connectivity index (χ0n) is 13.9. The highest BCUT2D eigenvalue weighted by atomic mass is 16.4. The molecule has 0 aromatic heterocycles. The molecule has 1 aromatic rings. The lowest BCUT2D eigenvalue weighted by Gasteiger charge is -2.34. The molecule has 1 saturated carbocycles. The predicted molar refractivity (Wildman–Crippen MR) is 89.9 cm³/mol. The minimum absolute atomic E-state index is 0.319. The van der Waals surface area contributed by atoms with Crippen molar-refractivity contribution >= 4 is 11.7 Å². The van der Waals surface area contributed by atoms with E-state index in [4.69, 9.17) is 5.11 Å². The average molecular weight is 302 g/mol. The van der Waals surface area contributed by atoms with Crippen molar-refractivity contribution in [2.24, 2.45) is 5.41 Å². The summed E-state index contributed by atoms with van der Waals surface area (Å²) in [5, 5.41) is 10.9. The molecule has 2 aliphatic rings. The standard InChI is InChI=1S/C16H20N2O2.C2H6/c1-16(2)8-7-14-12(9-16)10-18(17-14)13-5-3-11(4-6-13)15(19)20;1-2/h3-6,10,14,17H,7-9H2,1-2H3,(H,19,20);1-2H3. The van der Waals surface area contributed by atoms with Gasteiger partial charge in [-0.15, -0.1) is 0 Å². The van der Waals surface area contributed by atoms with Gasteiger partial charge in [0.05, 0.1) is 11.3 Å². The molecule has 120 valence electrons. The van der Waals surface area contributed by atoms with E-state index in [0.717, 1.165) is 18.5 Å². The average Bonchev–Trinajstić information content (AvgIpc) is 2.91. The van der Waals surface area contributed by atoms with Gasteiger partial charge in [-0.25, -0.2) is 10.2 Å². The lowest BCUT2D eigenvalue weighted by Crippen LogP contribution is -2.39. The Hall–Kier alpha value is -1.81. The number of anilines is 1. The van der Waals surface area contributed by atoms with Crippen molar-refractivity contribution in [3.63, 3.8) is 0 Å². The lowest BCUT2D eigenvalue weighted by molar-refractivity contribution is 0.0697. The Kier molecular flexibility index (Phi) is 4.91. The van der Waals surface area contributed by atoms with Crippen LogP contribution < -0.4 is 10.4 Å². The maximum atomic E-state index is 10.9. The molecule has 1 aromatic carbocycles. The summed E-state index contributed by atoms with van der Waals surface area (Å²) < 4.78 is 0. The van der Waals surface area contributed by atoms with Crippen LogP contribution in [0.1, 0.15) is 57.3 Å². The summed E-state index contributed by atoms with van der Waals surface area (Å²) >= 11 is 0. The van der Waals surface area contributed by atoms with Crippen LogP contribution >= 0.6 is 0 Å².